The molecule has 0 atom stereocenters. The number of benzene rings is 1. The molecule has 0 unspecified atom stereocenters. The Kier molecular flexibility index (Phi) is 5.11. The first-order chi connectivity index (χ1) is 11.0. The number of amides is 1. The van der Waals surface area contributed by atoms with Gasteiger partial charge in [0.25, 0.3) is 0 Å². The second-order valence-electron chi connectivity index (χ2n) is 7.30. The van der Waals surface area contributed by atoms with E-state index in [0.717, 1.165) is 16.6 Å². The molecule has 0 spiro atoms. The fourth-order valence-corrected chi connectivity index (χ4v) is 2.45. The zero-order valence-corrected chi connectivity index (χ0v) is 15.4. The van der Waals surface area contributed by atoms with Crippen molar-refractivity contribution < 1.29 is 14.1 Å². The van der Waals surface area contributed by atoms with E-state index < -0.39 is 18.3 Å². The maximum atomic E-state index is 11.3. The molecule has 1 aromatic rings. The van der Waals surface area contributed by atoms with Crippen LogP contribution in [0.3, 0.4) is 0 Å². The van der Waals surface area contributed by atoms with Crippen LogP contribution in [0.25, 0.3) is 6.08 Å². The van der Waals surface area contributed by atoms with Gasteiger partial charge >= 0.3 is 7.12 Å². The quantitative estimate of drug-likeness (QED) is 0.658. The summed E-state index contributed by atoms with van der Waals surface area (Å²) in [6.45, 7) is 11.8. The number of hydrogen-bond acceptors (Lipinski definition) is 4. The van der Waals surface area contributed by atoms with Crippen molar-refractivity contribution in [1.29, 1.82) is 0 Å². The highest BCUT2D eigenvalue weighted by molar-refractivity contribution is 6.56. The third-order valence-corrected chi connectivity index (χ3v) is 4.80. The molecule has 1 aliphatic heterocycles. The minimum Gasteiger partial charge on any atom is -0.400 e. The molecule has 5 nitrogen and oxygen atoms in total. The van der Waals surface area contributed by atoms with Crippen LogP contribution in [0, 0.1) is 6.92 Å². The van der Waals surface area contributed by atoms with E-state index in [1.165, 1.54) is 6.92 Å². The van der Waals surface area contributed by atoms with E-state index in [9.17, 15) is 4.79 Å². The molecule has 1 aliphatic rings. The standard InChI is InChI=1S/C18H27BN2O3/c1-12-8-7-9-14(16(12)20)10-15(11-21-13(2)22)19-23-17(3,4)18(5,6)24-19/h7-10H,11,20H2,1-6H3,(H,21,22). The first-order valence-corrected chi connectivity index (χ1v) is 8.19. The molecule has 0 aliphatic carbocycles. The maximum absolute atomic E-state index is 11.3. The Morgan fingerprint density at radius 2 is 1.83 bits per heavy atom. The van der Waals surface area contributed by atoms with Crippen LogP contribution in [0.2, 0.25) is 0 Å². The number of nitrogens with one attached hydrogen (secondary N) is 1. The van der Waals surface area contributed by atoms with Crippen molar-refractivity contribution in [3.63, 3.8) is 0 Å². The summed E-state index contributed by atoms with van der Waals surface area (Å²) < 4.78 is 12.2. The summed E-state index contributed by atoms with van der Waals surface area (Å²) in [7, 11) is -0.526. The van der Waals surface area contributed by atoms with E-state index in [1.54, 1.807) is 0 Å². The number of nitrogens with two attached hydrogens (primary N) is 1. The molecular formula is C18H27BN2O3. The Labute approximate surface area is 144 Å². The molecule has 1 fully saturated rings. The van der Waals surface area contributed by atoms with Crippen molar-refractivity contribution in [2.45, 2.75) is 52.7 Å². The molecule has 1 aromatic carbocycles. The molecule has 0 radical (unpaired) electrons. The number of rotatable bonds is 4. The molecule has 1 amide bonds. The van der Waals surface area contributed by atoms with Gasteiger partial charge in [-0.1, -0.05) is 24.3 Å². The zero-order valence-electron chi connectivity index (χ0n) is 15.4. The number of nitrogen functional groups attached to an aromatic ring is 1. The monoisotopic (exact) mass is 330 g/mol. The van der Waals surface area contributed by atoms with E-state index in [2.05, 4.69) is 5.32 Å². The molecule has 0 aromatic heterocycles. The molecule has 130 valence electrons. The normalized spacial score (nSPS) is 19.4. The fourth-order valence-electron chi connectivity index (χ4n) is 2.45. The van der Waals surface area contributed by atoms with Gasteiger partial charge in [0.2, 0.25) is 5.91 Å². The largest absolute Gasteiger partial charge is 0.492 e. The molecule has 6 heteroatoms. The van der Waals surface area contributed by atoms with Crippen molar-refractivity contribution in [1.82, 2.24) is 5.32 Å². The Hall–Kier alpha value is -1.79. The molecule has 1 heterocycles. The van der Waals surface area contributed by atoms with Gasteiger partial charge in [0, 0.05) is 19.2 Å². The van der Waals surface area contributed by atoms with Crippen molar-refractivity contribution in [2.24, 2.45) is 0 Å². The first kappa shape index (κ1) is 18.6. The van der Waals surface area contributed by atoms with E-state index in [-0.39, 0.29) is 5.91 Å². The average Bonchev–Trinajstić information content (AvgIpc) is 2.67. The number of anilines is 1. The van der Waals surface area contributed by atoms with Gasteiger partial charge in [0.15, 0.2) is 0 Å². The zero-order chi connectivity index (χ0) is 18.1. The second kappa shape index (κ2) is 6.61. The predicted octanol–water partition coefficient (Wildman–Crippen LogP) is 2.73. The number of para-hydroxylation sites is 1. The summed E-state index contributed by atoms with van der Waals surface area (Å²) in [6.07, 6.45) is 1.94. The summed E-state index contributed by atoms with van der Waals surface area (Å²) in [6, 6.07) is 5.87. The maximum Gasteiger partial charge on any atom is 0.492 e. The molecule has 2 rings (SSSR count). The third kappa shape index (κ3) is 3.82. The predicted molar refractivity (Wildman–Crippen MR) is 98.3 cm³/mol. The van der Waals surface area contributed by atoms with Gasteiger partial charge in [-0.3, -0.25) is 4.79 Å². The van der Waals surface area contributed by atoms with Crippen LogP contribution in [0.4, 0.5) is 5.69 Å². The van der Waals surface area contributed by atoms with E-state index in [0.29, 0.717) is 12.2 Å². The topological polar surface area (TPSA) is 73.6 Å². The fraction of sp³-hybridized carbons (Fsp3) is 0.500. The smallest absolute Gasteiger partial charge is 0.400 e. The van der Waals surface area contributed by atoms with Crippen LogP contribution in [-0.2, 0) is 14.1 Å². The van der Waals surface area contributed by atoms with Gasteiger partial charge < -0.3 is 20.4 Å². The lowest BCUT2D eigenvalue weighted by Gasteiger charge is -2.32. The van der Waals surface area contributed by atoms with Crippen molar-refractivity contribution in [3.8, 4) is 0 Å². The third-order valence-electron chi connectivity index (χ3n) is 4.80. The molecule has 0 bridgehead atoms. The lowest BCUT2D eigenvalue weighted by molar-refractivity contribution is -0.118. The molecule has 1 saturated heterocycles. The summed E-state index contributed by atoms with van der Waals surface area (Å²) in [5, 5.41) is 2.82. The Bertz CT molecular complexity index is 652. The van der Waals surface area contributed by atoms with E-state index in [1.807, 2.05) is 58.9 Å². The molecule has 0 saturated carbocycles. The van der Waals surface area contributed by atoms with Crippen molar-refractivity contribution in [3.05, 3.63) is 34.8 Å². The highest BCUT2D eigenvalue weighted by Gasteiger charge is 2.52. The number of carbonyl (C=O) groups excluding carboxylic acids is 1. The highest BCUT2D eigenvalue weighted by atomic mass is 16.7. The summed E-state index contributed by atoms with van der Waals surface area (Å²) >= 11 is 0. The van der Waals surface area contributed by atoms with Gasteiger partial charge in [0.05, 0.1) is 11.2 Å². The number of hydrogen-bond donors (Lipinski definition) is 2. The molecular weight excluding hydrogens is 303 g/mol. The van der Waals surface area contributed by atoms with Crippen LogP contribution < -0.4 is 11.1 Å². The van der Waals surface area contributed by atoms with Crippen LogP contribution in [-0.4, -0.2) is 30.8 Å². The van der Waals surface area contributed by atoms with Crippen molar-refractivity contribution in [2.75, 3.05) is 12.3 Å². The van der Waals surface area contributed by atoms with Crippen molar-refractivity contribution >= 4 is 24.8 Å². The highest BCUT2D eigenvalue weighted by Crippen LogP contribution is 2.39. The van der Waals surface area contributed by atoms with Crippen LogP contribution in [0.1, 0.15) is 45.7 Å². The van der Waals surface area contributed by atoms with Crippen LogP contribution in [0.5, 0.6) is 0 Å². The van der Waals surface area contributed by atoms with E-state index in [4.69, 9.17) is 15.0 Å². The second-order valence-corrected chi connectivity index (χ2v) is 7.30. The molecule has 3 N–H and O–H groups in total. The number of carbonyl (C=O) groups is 1. The van der Waals surface area contributed by atoms with Crippen LogP contribution >= 0.6 is 0 Å². The summed E-state index contributed by atoms with van der Waals surface area (Å²) in [5.74, 6) is -0.102. The SMILES string of the molecule is CC(=O)NCC(=Cc1cccc(C)c1N)B1OC(C)(C)C(C)(C)O1. The van der Waals surface area contributed by atoms with Gasteiger partial charge in [-0.05, 0) is 51.2 Å². The minimum absolute atomic E-state index is 0.102. The lowest BCUT2D eigenvalue weighted by Crippen LogP contribution is -2.41. The van der Waals surface area contributed by atoms with Gasteiger partial charge in [0.1, 0.15) is 0 Å². The Morgan fingerprint density at radius 3 is 2.38 bits per heavy atom. The Morgan fingerprint density at radius 1 is 1.25 bits per heavy atom. The summed E-state index contributed by atoms with van der Waals surface area (Å²) in [4.78, 5) is 11.3. The van der Waals surface area contributed by atoms with Crippen LogP contribution in [0.15, 0.2) is 23.7 Å². The number of aryl methyl sites for hydroxylation is 1. The minimum atomic E-state index is -0.526. The van der Waals surface area contributed by atoms with Gasteiger partial charge in [-0.25, -0.2) is 0 Å². The van der Waals surface area contributed by atoms with Gasteiger partial charge in [-0.15, -0.1) is 0 Å². The average molecular weight is 330 g/mol. The Balaban J connectivity index is 2.37. The van der Waals surface area contributed by atoms with E-state index >= 15 is 0 Å². The summed E-state index contributed by atoms with van der Waals surface area (Å²) in [5.41, 5.74) is 8.76. The first-order valence-electron chi connectivity index (χ1n) is 8.19. The lowest BCUT2D eigenvalue weighted by atomic mass is 9.76. The van der Waals surface area contributed by atoms with Gasteiger partial charge in [-0.2, -0.15) is 0 Å². The molecule has 24 heavy (non-hydrogen) atoms.